The number of nitrogens with zero attached hydrogens (tertiary/aromatic N) is 1. The molecule has 26 heavy (non-hydrogen) atoms. The molecule has 0 aliphatic rings. The first-order chi connectivity index (χ1) is 12.6. The summed E-state index contributed by atoms with van der Waals surface area (Å²) in [5.41, 5.74) is 0.368. The number of carbonyl (C=O) groups excluding carboxylic acids is 1. The van der Waals surface area contributed by atoms with Crippen molar-refractivity contribution in [3.05, 3.63) is 58.4 Å². The number of fused-ring (bicyclic) bond motifs is 1. The van der Waals surface area contributed by atoms with Crippen molar-refractivity contribution in [1.82, 2.24) is 3.96 Å². The second kappa shape index (κ2) is 7.45. The average Bonchev–Trinajstić information content (AvgIpc) is 3.02. The molecular formula is C19H17NO5S. The number of aromatic nitrogens is 1. The van der Waals surface area contributed by atoms with Crippen molar-refractivity contribution in [1.29, 1.82) is 0 Å². The van der Waals surface area contributed by atoms with Crippen molar-refractivity contribution in [2.75, 3.05) is 21.3 Å². The van der Waals surface area contributed by atoms with E-state index in [-0.39, 0.29) is 5.56 Å². The van der Waals surface area contributed by atoms with Gasteiger partial charge in [-0.15, -0.1) is 0 Å². The third-order valence-corrected chi connectivity index (χ3v) is 4.88. The number of rotatable bonds is 5. The van der Waals surface area contributed by atoms with Crippen LogP contribution in [0.15, 0.2) is 47.3 Å². The highest BCUT2D eigenvalue weighted by molar-refractivity contribution is 7.14. The monoisotopic (exact) mass is 371 g/mol. The van der Waals surface area contributed by atoms with E-state index in [1.807, 2.05) is 12.1 Å². The van der Waals surface area contributed by atoms with Crippen molar-refractivity contribution < 1.29 is 19.0 Å². The largest absolute Gasteiger partial charge is 0.493 e. The Morgan fingerprint density at radius 3 is 2.27 bits per heavy atom. The summed E-state index contributed by atoms with van der Waals surface area (Å²) in [5, 5.41) is 0.534. The summed E-state index contributed by atoms with van der Waals surface area (Å²) in [6, 6.07) is 10.6. The van der Waals surface area contributed by atoms with E-state index >= 15 is 0 Å². The van der Waals surface area contributed by atoms with Crippen LogP contribution in [0.25, 0.3) is 16.2 Å². The summed E-state index contributed by atoms with van der Waals surface area (Å²) in [7, 11) is 4.56. The molecule has 1 heterocycles. The fraction of sp³-hybridized carbons (Fsp3) is 0.158. The van der Waals surface area contributed by atoms with Gasteiger partial charge in [0.05, 0.1) is 31.4 Å². The normalized spacial score (nSPS) is 11.0. The molecular weight excluding hydrogens is 354 g/mol. The highest BCUT2D eigenvalue weighted by atomic mass is 32.1. The predicted molar refractivity (Wildman–Crippen MR) is 102 cm³/mol. The SMILES string of the molecule is COc1cc(C=CC(=O)n2sc3ccccc3c2=O)cc(OC)c1OC. The zero-order valence-corrected chi connectivity index (χ0v) is 15.3. The van der Waals surface area contributed by atoms with Crippen LogP contribution >= 0.6 is 11.5 Å². The Labute approximate surface area is 154 Å². The van der Waals surface area contributed by atoms with Gasteiger partial charge in [0.15, 0.2) is 11.5 Å². The summed E-state index contributed by atoms with van der Waals surface area (Å²) in [6.07, 6.45) is 2.95. The number of hydrogen-bond acceptors (Lipinski definition) is 6. The first-order valence-corrected chi connectivity index (χ1v) is 8.50. The lowest BCUT2D eigenvalue weighted by atomic mass is 10.1. The Morgan fingerprint density at radius 2 is 1.69 bits per heavy atom. The van der Waals surface area contributed by atoms with E-state index in [0.29, 0.717) is 28.2 Å². The number of allylic oxidation sites excluding steroid dienone is 1. The zero-order chi connectivity index (χ0) is 18.7. The van der Waals surface area contributed by atoms with Crippen molar-refractivity contribution >= 4 is 33.6 Å². The van der Waals surface area contributed by atoms with Crippen LogP contribution in [0.3, 0.4) is 0 Å². The molecule has 2 aromatic carbocycles. The van der Waals surface area contributed by atoms with E-state index in [4.69, 9.17) is 14.2 Å². The molecule has 0 spiro atoms. The van der Waals surface area contributed by atoms with Gasteiger partial charge in [-0.1, -0.05) is 12.1 Å². The smallest absolute Gasteiger partial charge is 0.275 e. The van der Waals surface area contributed by atoms with E-state index in [9.17, 15) is 9.59 Å². The lowest BCUT2D eigenvalue weighted by Gasteiger charge is -2.12. The molecule has 0 unspecified atom stereocenters. The molecule has 6 nitrogen and oxygen atoms in total. The van der Waals surface area contributed by atoms with Crippen LogP contribution in [0.4, 0.5) is 0 Å². The summed E-state index contributed by atoms with van der Waals surface area (Å²) in [5.74, 6) is 1.03. The van der Waals surface area contributed by atoms with E-state index < -0.39 is 5.91 Å². The maximum Gasteiger partial charge on any atom is 0.275 e. The molecule has 0 radical (unpaired) electrons. The molecule has 0 atom stereocenters. The van der Waals surface area contributed by atoms with Crippen LogP contribution in [-0.4, -0.2) is 31.2 Å². The van der Waals surface area contributed by atoms with Gasteiger partial charge in [-0.05, 0) is 47.4 Å². The van der Waals surface area contributed by atoms with Gasteiger partial charge in [0, 0.05) is 6.08 Å². The topological polar surface area (TPSA) is 66.8 Å². The molecule has 0 saturated carbocycles. The third-order valence-electron chi connectivity index (χ3n) is 3.80. The van der Waals surface area contributed by atoms with E-state index in [1.165, 1.54) is 27.4 Å². The Morgan fingerprint density at radius 1 is 1.04 bits per heavy atom. The Balaban J connectivity index is 1.95. The van der Waals surface area contributed by atoms with E-state index in [1.54, 1.807) is 30.3 Å². The minimum Gasteiger partial charge on any atom is -0.493 e. The van der Waals surface area contributed by atoms with Crippen molar-refractivity contribution in [3.63, 3.8) is 0 Å². The van der Waals surface area contributed by atoms with Gasteiger partial charge >= 0.3 is 0 Å². The number of methoxy groups -OCH3 is 3. The van der Waals surface area contributed by atoms with Crippen LogP contribution in [-0.2, 0) is 0 Å². The summed E-state index contributed by atoms with van der Waals surface area (Å²) >= 11 is 1.12. The number of benzene rings is 2. The lowest BCUT2D eigenvalue weighted by molar-refractivity contribution is 0.0978. The van der Waals surface area contributed by atoms with E-state index in [0.717, 1.165) is 20.2 Å². The number of hydrogen-bond donors (Lipinski definition) is 0. The predicted octanol–water partition coefficient (Wildman–Crippen LogP) is 3.44. The molecule has 7 heteroatoms. The van der Waals surface area contributed by atoms with Crippen LogP contribution < -0.4 is 19.8 Å². The fourth-order valence-electron chi connectivity index (χ4n) is 2.55. The molecule has 1 aromatic heterocycles. The van der Waals surface area contributed by atoms with Gasteiger partial charge < -0.3 is 14.2 Å². The van der Waals surface area contributed by atoms with Crippen molar-refractivity contribution in [2.24, 2.45) is 0 Å². The average molecular weight is 371 g/mol. The highest BCUT2D eigenvalue weighted by Crippen LogP contribution is 2.38. The summed E-state index contributed by atoms with van der Waals surface area (Å²) < 4.78 is 17.8. The second-order valence-corrected chi connectivity index (χ2v) is 6.30. The van der Waals surface area contributed by atoms with Gasteiger partial charge in [0.1, 0.15) is 0 Å². The lowest BCUT2D eigenvalue weighted by Crippen LogP contribution is -2.18. The van der Waals surface area contributed by atoms with Gasteiger partial charge in [-0.3, -0.25) is 9.59 Å². The standard InChI is InChI=1S/C19H17NO5S/c1-23-14-10-12(11-15(24-2)18(14)25-3)8-9-17(21)20-19(22)13-6-4-5-7-16(13)26-20/h4-11H,1-3H3. The first-order valence-electron chi connectivity index (χ1n) is 7.72. The molecule has 134 valence electrons. The molecule has 0 aliphatic carbocycles. The molecule has 0 fully saturated rings. The minimum absolute atomic E-state index is 0.315. The Hall–Kier alpha value is -3.06. The van der Waals surface area contributed by atoms with Gasteiger partial charge in [-0.2, -0.15) is 3.96 Å². The minimum atomic E-state index is -0.412. The molecule has 3 rings (SSSR count). The van der Waals surface area contributed by atoms with Crippen molar-refractivity contribution in [3.8, 4) is 17.2 Å². The number of ether oxygens (including phenoxy) is 3. The molecule has 0 N–H and O–H groups in total. The Bertz CT molecular complexity index is 1020. The van der Waals surface area contributed by atoms with Crippen LogP contribution in [0, 0.1) is 0 Å². The quantitative estimate of drug-likeness (QED) is 0.643. The van der Waals surface area contributed by atoms with Crippen molar-refractivity contribution in [2.45, 2.75) is 0 Å². The summed E-state index contributed by atoms with van der Waals surface area (Å²) in [4.78, 5) is 24.8. The number of carbonyl (C=O) groups is 1. The van der Waals surface area contributed by atoms with Crippen LogP contribution in [0.5, 0.6) is 17.2 Å². The molecule has 0 aliphatic heterocycles. The first kappa shape index (κ1) is 17.8. The maximum absolute atomic E-state index is 12.4. The fourth-order valence-corrected chi connectivity index (χ4v) is 3.47. The van der Waals surface area contributed by atoms with Gasteiger partial charge in [-0.25, -0.2) is 0 Å². The maximum atomic E-state index is 12.4. The molecule has 0 saturated heterocycles. The van der Waals surface area contributed by atoms with Crippen LogP contribution in [0.2, 0.25) is 0 Å². The molecule has 0 amide bonds. The highest BCUT2D eigenvalue weighted by Gasteiger charge is 2.13. The second-order valence-electron chi connectivity index (χ2n) is 5.32. The molecule has 0 bridgehead atoms. The van der Waals surface area contributed by atoms with E-state index in [2.05, 4.69) is 0 Å². The Kier molecular flexibility index (Phi) is 5.09. The zero-order valence-electron chi connectivity index (χ0n) is 14.5. The van der Waals surface area contributed by atoms with Gasteiger partial charge in [0.25, 0.3) is 11.5 Å². The summed E-state index contributed by atoms with van der Waals surface area (Å²) in [6.45, 7) is 0. The molecule has 3 aromatic rings. The third kappa shape index (κ3) is 3.21. The van der Waals surface area contributed by atoms with Gasteiger partial charge in [0.2, 0.25) is 5.75 Å². The van der Waals surface area contributed by atoms with Crippen LogP contribution in [0.1, 0.15) is 10.4 Å².